The van der Waals surface area contributed by atoms with Crippen molar-refractivity contribution in [3.8, 4) is 5.75 Å². The van der Waals surface area contributed by atoms with Crippen LogP contribution in [0, 0.1) is 0 Å². The van der Waals surface area contributed by atoms with E-state index >= 15 is 0 Å². The molecule has 0 aliphatic carbocycles. The standard InChI is InChI=1S/C21H24N2O2/c1-5-13-23-20(24)18-11-6-7-12-19(18)22-21(23,4)16-9-8-10-17(14-16)25-15(2)3/h5-12,14-15,22H,1,13H2,2-4H3. The number of nitrogens with one attached hydrogen (secondary N) is 1. The lowest BCUT2D eigenvalue weighted by atomic mass is 9.93. The Morgan fingerprint density at radius 3 is 2.72 bits per heavy atom. The van der Waals surface area contributed by atoms with Crippen molar-refractivity contribution in [2.45, 2.75) is 32.5 Å². The third-order valence-corrected chi connectivity index (χ3v) is 4.40. The molecule has 1 aliphatic heterocycles. The molecule has 25 heavy (non-hydrogen) atoms. The summed E-state index contributed by atoms with van der Waals surface area (Å²) in [5, 5.41) is 3.54. The molecule has 0 saturated heterocycles. The summed E-state index contributed by atoms with van der Waals surface area (Å²) in [6.45, 7) is 10.3. The Morgan fingerprint density at radius 2 is 2.00 bits per heavy atom. The highest BCUT2D eigenvalue weighted by Crippen LogP contribution is 2.38. The van der Waals surface area contributed by atoms with Crippen molar-refractivity contribution in [3.05, 3.63) is 72.3 Å². The minimum absolute atomic E-state index is 0.00747. The molecule has 1 amide bonds. The molecule has 2 aromatic rings. The van der Waals surface area contributed by atoms with Crippen molar-refractivity contribution in [2.24, 2.45) is 0 Å². The van der Waals surface area contributed by atoms with Gasteiger partial charge in [0.25, 0.3) is 5.91 Å². The highest BCUT2D eigenvalue weighted by atomic mass is 16.5. The number of fused-ring (bicyclic) bond motifs is 1. The van der Waals surface area contributed by atoms with Crippen LogP contribution >= 0.6 is 0 Å². The molecule has 0 spiro atoms. The minimum Gasteiger partial charge on any atom is -0.491 e. The number of anilines is 1. The SMILES string of the molecule is C=CCN1C(=O)c2ccccc2NC1(C)c1cccc(OC(C)C)c1. The van der Waals surface area contributed by atoms with Crippen LogP contribution in [0.5, 0.6) is 5.75 Å². The summed E-state index contributed by atoms with van der Waals surface area (Å²) < 4.78 is 5.83. The van der Waals surface area contributed by atoms with E-state index in [2.05, 4.69) is 11.9 Å². The van der Waals surface area contributed by atoms with Crippen LogP contribution in [0.4, 0.5) is 5.69 Å². The van der Waals surface area contributed by atoms with Gasteiger partial charge in [-0.2, -0.15) is 0 Å². The minimum atomic E-state index is -0.685. The molecule has 1 atom stereocenters. The first-order chi connectivity index (χ1) is 12.0. The Balaban J connectivity index is 2.08. The van der Waals surface area contributed by atoms with E-state index < -0.39 is 5.66 Å². The monoisotopic (exact) mass is 336 g/mol. The molecule has 4 nitrogen and oxygen atoms in total. The number of nitrogens with zero attached hydrogens (tertiary/aromatic N) is 1. The van der Waals surface area contributed by atoms with Crippen LogP contribution in [-0.4, -0.2) is 23.5 Å². The lowest BCUT2D eigenvalue weighted by molar-refractivity contribution is 0.0571. The van der Waals surface area contributed by atoms with E-state index in [1.165, 1.54) is 0 Å². The van der Waals surface area contributed by atoms with Gasteiger partial charge in [-0.25, -0.2) is 0 Å². The topological polar surface area (TPSA) is 41.6 Å². The van der Waals surface area contributed by atoms with Crippen molar-refractivity contribution in [3.63, 3.8) is 0 Å². The molecule has 1 heterocycles. The van der Waals surface area contributed by atoms with Gasteiger partial charge in [0.1, 0.15) is 11.4 Å². The third kappa shape index (κ3) is 3.12. The number of rotatable bonds is 5. The van der Waals surface area contributed by atoms with Gasteiger partial charge in [-0.1, -0.05) is 30.3 Å². The van der Waals surface area contributed by atoms with E-state index in [4.69, 9.17) is 4.74 Å². The van der Waals surface area contributed by atoms with Crippen LogP contribution in [0.2, 0.25) is 0 Å². The van der Waals surface area contributed by atoms with Crippen LogP contribution in [-0.2, 0) is 5.66 Å². The zero-order valence-electron chi connectivity index (χ0n) is 15.0. The van der Waals surface area contributed by atoms with Crippen molar-refractivity contribution in [1.82, 2.24) is 4.90 Å². The first-order valence-corrected chi connectivity index (χ1v) is 8.53. The fourth-order valence-corrected chi connectivity index (χ4v) is 3.22. The second-order valence-corrected chi connectivity index (χ2v) is 6.64. The zero-order chi connectivity index (χ0) is 18.0. The number of benzene rings is 2. The zero-order valence-corrected chi connectivity index (χ0v) is 15.0. The molecule has 130 valence electrons. The number of carbonyl (C=O) groups excluding carboxylic acids is 1. The summed E-state index contributed by atoms with van der Waals surface area (Å²) in [6, 6.07) is 15.5. The molecule has 2 aromatic carbocycles. The molecular weight excluding hydrogens is 312 g/mol. The largest absolute Gasteiger partial charge is 0.491 e. The van der Waals surface area contributed by atoms with Crippen LogP contribution in [0.1, 0.15) is 36.7 Å². The van der Waals surface area contributed by atoms with E-state index in [0.717, 1.165) is 17.0 Å². The Labute approximate surface area is 149 Å². The predicted molar refractivity (Wildman–Crippen MR) is 101 cm³/mol. The number of ether oxygens (including phenoxy) is 1. The fraction of sp³-hybridized carbons (Fsp3) is 0.286. The summed E-state index contributed by atoms with van der Waals surface area (Å²) >= 11 is 0. The molecule has 0 bridgehead atoms. The van der Waals surface area contributed by atoms with E-state index in [1.807, 2.05) is 69.3 Å². The Hall–Kier alpha value is -2.75. The van der Waals surface area contributed by atoms with Gasteiger partial charge in [0.2, 0.25) is 0 Å². The first kappa shape index (κ1) is 17.1. The molecule has 1 aliphatic rings. The second-order valence-electron chi connectivity index (χ2n) is 6.64. The van der Waals surface area contributed by atoms with E-state index in [1.54, 1.807) is 11.0 Å². The van der Waals surface area contributed by atoms with Crippen molar-refractivity contribution in [1.29, 1.82) is 0 Å². The number of hydrogen-bond acceptors (Lipinski definition) is 3. The van der Waals surface area contributed by atoms with Gasteiger partial charge in [-0.15, -0.1) is 6.58 Å². The molecule has 0 aromatic heterocycles. The molecule has 0 saturated carbocycles. The van der Waals surface area contributed by atoms with Gasteiger partial charge < -0.3 is 15.0 Å². The van der Waals surface area contributed by atoms with Crippen LogP contribution in [0.15, 0.2) is 61.2 Å². The third-order valence-electron chi connectivity index (χ3n) is 4.40. The number of hydrogen-bond donors (Lipinski definition) is 1. The molecule has 1 unspecified atom stereocenters. The van der Waals surface area contributed by atoms with Crippen molar-refractivity contribution in [2.75, 3.05) is 11.9 Å². The lowest BCUT2D eigenvalue weighted by Crippen LogP contribution is -2.55. The first-order valence-electron chi connectivity index (χ1n) is 8.53. The lowest BCUT2D eigenvalue weighted by Gasteiger charge is -2.46. The van der Waals surface area contributed by atoms with E-state index in [9.17, 15) is 4.79 Å². The van der Waals surface area contributed by atoms with Crippen molar-refractivity contribution >= 4 is 11.6 Å². The van der Waals surface area contributed by atoms with Gasteiger partial charge >= 0.3 is 0 Å². The average Bonchev–Trinajstić information content (AvgIpc) is 2.58. The molecule has 1 N–H and O–H groups in total. The maximum atomic E-state index is 13.1. The van der Waals surface area contributed by atoms with Gasteiger partial charge in [-0.3, -0.25) is 4.79 Å². The van der Waals surface area contributed by atoms with E-state index in [-0.39, 0.29) is 12.0 Å². The summed E-state index contributed by atoms with van der Waals surface area (Å²) in [5.74, 6) is 0.785. The highest BCUT2D eigenvalue weighted by Gasteiger charge is 2.41. The number of amides is 1. The van der Waals surface area contributed by atoms with Crippen LogP contribution < -0.4 is 10.1 Å². The smallest absolute Gasteiger partial charge is 0.258 e. The quantitative estimate of drug-likeness (QED) is 0.823. The Bertz CT molecular complexity index is 800. The summed E-state index contributed by atoms with van der Waals surface area (Å²) in [7, 11) is 0. The average molecular weight is 336 g/mol. The summed E-state index contributed by atoms with van der Waals surface area (Å²) in [6.07, 6.45) is 1.84. The van der Waals surface area contributed by atoms with Gasteiger partial charge in [0.15, 0.2) is 0 Å². The maximum absolute atomic E-state index is 13.1. The highest BCUT2D eigenvalue weighted by molar-refractivity contribution is 6.02. The van der Waals surface area contributed by atoms with E-state index in [0.29, 0.717) is 12.1 Å². The van der Waals surface area contributed by atoms with Crippen molar-refractivity contribution < 1.29 is 9.53 Å². The number of para-hydroxylation sites is 1. The molecular formula is C21H24N2O2. The molecule has 0 radical (unpaired) electrons. The molecule has 0 fully saturated rings. The van der Waals surface area contributed by atoms with Crippen LogP contribution in [0.3, 0.4) is 0 Å². The predicted octanol–water partition coefficient (Wildman–Crippen LogP) is 4.40. The summed E-state index contributed by atoms with van der Waals surface area (Å²) in [4.78, 5) is 14.9. The normalized spacial score (nSPS) is 19.4. The second kappa shape index (κ2) is 6.63. The number of carbonyl (C=O) groups is 1. The Kier molecular flexibility index (Phi) is 4.53. The fourth-order valence-electron chi connectivity index (χ4n) is 3.22. The Morgan fingerprint density at radius 1 is 1.24 bits per heavy atom. The molecule has 3 rings (SSSR count). The summed E-state index contributed by atoms with van der Waals surface area (Å²) in [5.41, 5.74) is 1.80. The van der Waals surface area contributed by atoms with Gasteiger partial charge in [0, 0.05) is 17.8 Å². The van der Waals surface area contributed by atoms with Gasteiger partial charge in [0.05, 0.1) is 11.7 Å². The van der Waals surface area contributed by atoms with Gasteiger partial charge in [-0.05, 0) is 45.0 Å². The molecule has 4 heteroatoms. The van der Waals surface area contributed by atoms with Crippen LogP contribution in [0.25, 0.3) is 0 Å². The maximum Gasteiger partial charge on any atom is 0.258 e.